The second-order valence-electron chi connectivity index (χ2n) is 6.61. The molecule has 6 nitrogen and oxygen atoms in total. The van der Waals surface area contributed by atoms with Gasteiger partial charge in [-0.15, -0.1) is 0 Å². The first kappa shape index (κ1) is 18.0. The lowest BCUT2D eigenvalue weighted by Crippen LogP contribution is -2.36. The van der Waals surface area contributed by atoms with Crippen LogP contribution in [0.1, 0.15) is 15.9 Å². The molecule has 0 unspecified atom stereocenters. The van der Waals surface area contributed by atoms with Crippen molar-refractivity contribution in [3.05, 3.63) is 71.8 Å². The minimum Gasteiger partial charge on any atom is -0.507 e. The number of hydrogen-bond acceptors (Lipinski definition) is 5. The molecule has 4 rings (SSSR count). The van der Waals surface area contributed by atoms with E-state index < -0.39 is 5.91 Å². The summed E-state index contributed by atoms with van der Waals surface area (Å²) in [4.78, 5) is 14.6. The molecule has 2 N–H and O–H groups in total. The second-order valence-corrected chi connectivity index (χ2v) is 6.61. The lowest BCUT2D eigenvalue weighted by Gasteiger charge is -2.28. The van der Waals surface area contributed by atoms with Crippen LogP contribution >= 0.6 is 0 Å². The monoisotopic (exact) mass is 375 g/mol. The van der Waals surface area contributed by atoms with Gasteiger partial charge in [0, 0.05) is 18.8 Å². The van der Waals surface area contributed by atoms with Crippen molar-refractivity contribution in [2.75, 3.05) is 31.2 Å². The van der Waals surface area contributed by atoms with Gasteiger partial charge >= 0.3 is 0 Å². The number of aromatic hydroxyl groups is 1. The average molecular weight is 375 g/mol. The molecule has 1 saturated heterocycles. The van der Waals surface area contributed by atoms with Crippen LogP contribution in [-0.4, -0.2) is 43.5 Å². The van der Waals surface area contributed by atoms with Crippen LogP contribution < -0.4 is 10.3 Å². The van der Waals surface area contributed by atoms with Gasteiger partial charge in [0.25, 0.3) is 5.91 Å². The first-order valence-electron chi connectivity index (χ1n) is 9.19. The SMILES string of the molecule is O=C(N/N=C\c1ccc(N2CCOCC2)cc1)c1cc2ccccc2cc1O. The maximum absolute atomic E-state index is 12.4. The van der Waals surface area contributed by atoms with Gasteiger partial charge in [-0.25, -0.2) is 5.43 Å². The van der Waals surface area contributed by atoms with Gasteiger partial charge in [-0.2, -0.15) is 5.10 Å². The smallest absolute Gasteiger partial charge is 0.275 e. The Balaban J connectivity index is 1.41. The summed E-state index contributed by atoms with van der Waals surface area (Å²) in [5.41, 5.74) is 4.69. The van der Waals surface area contributed by atoms with E-state index >= 15 is 0 Å². The third-order valence-corrected chi connectivity index (χ3v) is 4.76. The number of nitrogens with zero attached hydrogens (tertiary/aromatic N) is 2. The minimum absolute atomic E-state index is 0.0683. The van der Waals surface area contributed by atoms with Crippen LogP contribution in [0.3, 0.4) is 0 Å². The molecule has 1 aliphatic heterocycles. The number of rotatable bonds is 4. The number of anilines is 1. The van der Waals surface area contributed by atoms with Crippen molar-refractivity contribution in [1.82, 2.24) is 5.43 Å². The molecule has 1 heterocycles. The fraction of sp³-hybridized carbons (Fsp3) is 0.182. The number of phenolic OH excluding ortho intramolecular Hbond substituents is 1. The molecule has 1 aliphatic rings. The molecule has 0 saturated carbocycles. The van der Waals surface area contributed by atoms with E-state index in [2.05, 4.69) is 15.4 Å². The van der Waals surface area contributed by atoms with Crippen LogP contribution in [-0.2, 0) is 4.74 Å². The Morgan fingerprint density at radius 2 is 1.71 bits per heavy atom. The summed E-state index contributed by atoms with van der Waals surface area (Å²) < 4.78 is 5.37. The Morgan fingerprint density at radius 3 is 2.43 bits per heavy atom. The number of carbonyl (C=O) groups excluding carboxylic acids is 1. The van der Waals surface area contributed by atoms with Crippen LogP contribution in [0.5, 0.6) is 5.75 Å². The molecule has 142 valence electrons. The molecule has 1 amide bonds. The molecule has 3 aromatic carbocycles. The maximum Gasteiger partial charge on any atom is 0.275 e. The highest BCUT2D eigenvalue weighted by molar-refractivity contribution is 6.01. The number of amides is 1. The van der Waals surface area contributed by atoms with Gasteiger partial charge in [-0.1, -0.05) is 36.4 Å². The summed E-state index contributed by atoms with van der Waals surface area (Å²) in [5.74, 6) is -0.522. The quantitative estimate of drug-likeness (QED) is 0.543. The van der Waals surface area contributed by atoms with E-state index in [1.165, 1.54) is 0 Å². The van der Waals surface area contributed by atoms with Crippen molar-refractivity contribution in [3.8, 4) is 5.75 Å². The Bertz CT molecular complexity index is 1010. The number of benzene rings is 3. The van der Waals surface area contributed by atoms with E-state index in [9.17, 15) is 9.90 Å². The van der Waals surface area contributed by atoms with Crippen molar-refractivity contribution in [2.45, 2.75) is 0 Å². The Labute approximate surface area is 163 Å². The van der Waals surface area contributed by atoms with Crippen molar-refractivity contribution >= 4 is 28.6 Å². The molecular weight excluding hydrogens is 354 g/mol. The van der Waals surface area contributed by atoms with Crippen molar-refractivity contribution in [3.63, 3.8) is 0 Å². The molecule has 0 aromatic heterocycles. The van der Waals surface area contributed by atoms with E-state index in [4.69, 9.17) is 4.74 Å². The lowest BCUT2D eigenvalue weighted by atomic mass is 10.1. The summed E-state index contributed by atoms with van der Waals surface area (Å²) in [6.45, 7) is 3.27. The topological polar surface area (TPSA) is 74.2 Å². The molecule has 3 aromatic rings. The number of ether oxygens (including phenoxy) is 1. The Hall–Kier alpha value is -3.38. The van der Waals surface area contributed by atoms with E-state index in [1.54, 1.807) is 18.3 Å². The highest BCUT2D eigenvalue weighted by Gasteiger charge is 2.12. The number of fused-ring (bicyclic) bond motifs is 1. The molecule has 0 spiro atoms. The molecule has 1 fully saturated rings. The fourth-order valence-corrected chi connectivity index (χ4v) is 3.23. The number of nitrogens with one attached hydrogen (secondary N) is 1. The van der Waals surface area contributed by atoms with E-state index in [1.807, 2.05) is 48.5 Å². The van der Waals surface area contributed by atoms with Gasteiger partial charge in [0.1, 0.15) is 5.75 Å². The van der Waals surface area contributed by atoms with Crippen LogP contribution in [0.25, 0.3) is 10.8 Å². The van der Waals surface area contributed by atoms with Crippen LogP contribution in [0, 0.1) is 0 Å². The van der Waals surface area contributed by atoms with Crippen LogP contribution in [0.2, 0.25) is 0 Å². The van der Waals surface area contributed by atoms with Crippen molar-refractivity contribution in [1.29, 1.82) is 0 Å². The number of morpholine rings is 1. The second kappa shape index (κ2) is 8.10. The van der Waals surface area contributed by atoms with Crippen LogP contribution in [0.15, 0.2) is 65.8 Å². The summed E-state index contributed by atoms with van der Waals surface area (Å²) in [5, 5.41) is 15.9. The molecule has 28 heavy (non-hydrogen) atoms. The van der Waals surface area contributed by atoms with Crippen molar-refractivity contribution < 1.29 is 14.6 Å². The summed E-state index contributed by atoms with van der Waals surface area (Å²) >= 11 is 0. The number of carbonyl (C=O) groups is 1. The Kier molecular flexibility index (Phi) is 5.21. The Morgan fingerprint density at radius 1 is 1.04 bits per heavy atom. The lowest BCUT2D eigenvalue weighted by molar-refractivity contribution is 0.0952. The van der Waals surface area contributed by atoms with Gasteiger partial charge in [-0.3, -0.25) is 4.79 Å². The molecule has 6 heteroatoms. The van der Waals surface area contributed by atoms with Gasteiger partial charge < -0.3 is 14.7 Å². The first-order chi connectivity index (χ1) is 13.7. The maximum atomic E-state index is 12.4. The predicted octanol–water partition coefficient (Wildman–Crippen LogP) is 3.15. The van der Waals surface area contributed by atoms with Gasteiger partial charge in [0.05, 0.1) is 25.0 Å². The standard InChI is InChI=1S/C22H21N3O3/c26-21-14-18-4-2-1-3-17(18)13-20(21)22(27)24-23-15-16-5-7-19(8-6-16)25-9-11-28-12-10-25/h1-8,13-15,26H,9-12H2,(H,24,27)/b23-15-. The largest absolute Gasteiger partial charge is 0.507 e. The number of hydrazone groups is 1. The van der Waals surface area contributed by atoms with Gasteiger partial charge in [0.15, 0.2) is 0 Å². The zero-order valence-electron chi connectivity index (χ0n) is 15.3. The van der Waals surface area contributed by atoms with E-state index in [0.29, 0.717) is 0 Å². The molecule has 0 aliphatic carbocycles. The highest BCUT2D eigenvalue weighted by Crippen LogP contribution is 2.24. The zero-order chi connectivity index (χ0) is 19.3. The normalized spacial score (nSPS) is 14.5. The minimum atomic E-state index is -0.454. The highest BCUT2D eigenvalue weighted by atomic mass is 16.5. The number of phenols is 1. The molecule has 0 bridgehead atoms. The average Bonchev–Trinajstić information content (AvgIpc) is 2.74. The summed E-state index contributed by atoms with van der Waals surface area (Å²) in [6.07, 6.45) is 1.58. The van der Waals surface area contributed by atoms with Gasteiger partial charge in [0.2, 0.25) is 0 Å². The molecule has 0 radical (unpaired) electrons. The van der Waals surface area contributed by atoms with Crippen LogP contribution in [0.4, 0.5) is 5.69 Å². The first-order valence-corrected chi connectivity index (χ1v) is 9.19. The van der Waals surface area contributed by atoms with E-state index in [0.717, 1.165) is 48.3 Å². The summed E-state index contributed by atoms with van der Waals surface area (Å²) in [7, 11) is 0. The molecular formula is C22H21N3O3. The third kappa shape index (κ3) is 3.97. The predicted molar refractivity (Wildman–Crippen MR) is 110 cm³/mol. The number of hydrogen-bond donors (Lipinski definition) is 2. The van der Waals surface area contributed by atoms with E-state index in [-0.39, 0.29) is 11.3 Å². The third-order valence-electron chi connectivity index (χ3n) is 4.76. The fourth-order valence-electron chi connectivity index (χ4n) is 3.23. The molecule has 0 atom stereocenters. The van der Waals surface area contributed by atoms with Gasteiger partial charge in [-0.05, 0) is 40.6 Å². The van der Waals surface area contributed by atoms with Crippen molar-refractivity contribution in [2.24, 2.45) is 5.10 Å². The zero-order valence-corrected chi connectivity index (χ0v) is 15.3. The summed E-state index contributed by atoms with van der Waals surface area (Å²) in [6, 6.07) is 18.8.